The number of anilines is 1. The molecule has 0 heterocycles. The molecule has 0 aromatic heterocycles. The molecule has 0 aliphatic rings. The lowest BCUT2D eigenvalue weighted by molar-refractivity contribution is -0.154. The van der Waals surface area contributed by atoms with Gasteiger partial charge in [0, 0.05) is 12.1 Å². The van der Waals surface area contributed by atoms with Gasteiger partial charge in [-0.25, -0.2) is 0 Å². The lowest BCUT2D eigenvalue weighted by atomic mass is 10.1. The number of benzene rings is 1. The molecule has 0 amide bonds. The summed E-state index contributed by atoms with van der Waals surface area (Å²) in [5.74, 6) is -0.112. The number of nitrogens with two attached hydrogens (primary N) is 1. The van der Waals surface area contributed by atoms with E-state index in [0.717, 1.165) is 5.56 Å². The summed E-state index contributed by atoms with van der Waals surface area (Å²) >= 11 is 0. The van der Waals surface area contributed by atoms with E-state index in [1.165, 1.54) is 6.07 Å². The molecular formula is C13H19NO3. The smallest absolute Gasteiger partial charge is 0.306 e. The third-order valence-corrected chi connectivity index (χ3v) is 2.15. The Bertz CT molecular complexity index is 408. The molecule has 0 saturated heterocycles. The number of rotatable bonds is 3. The van der Waals surface area contributed by atoms with E-state index in [1.54, 1.807) is 12.1 Å². The van der Waals surface area contributed by atoms with Crippen molar-refractivity contribution in [2.75, 3.05) is 5.73 Å². The molecule has 1 aromatic rings. The first-order valence-electron chi connectivity index (χ1n) is 5.57. The van der Waals surface area contributed by atoms with Gasteiger partial charge in [-0.1, -0.05) is 0 Å². The van der Waals surface area contributed by atoms with Crippen LogP contribution in [0.2, 0.25) is 0 Å². The zero-order valence-electron chi connectivity index (χ0n) is 10.5. The molecule has 4 nitrogen and oxygen atoms in total. The highest BCUT2D eigenvalue weighted by Crippen LogP contribution is 2.20. The fraction of sp³-hybridized carbons (Fsp3) is 0.462. The van der Waals surface area contributed by atoms with Crippen LogP contribution in [0.4, 0.5) is 5.69 Å². The van der Waals surface area contributed by atoms with E-state index in [1.807, 2.05) is 20.8 Å². The number of hydrogen-bond donors (Lipinski definition) is 2. The van der Waals surface area contributed by atoms with E-state index in [9.17, 15) is 9.90 Å². The number of phenolic OH excluding ortho intramolecular Hbond substituents is 1. The molecule has 4 heteroatoms. The van der Waals surface area contributed by atoms with Gasteiger partial charge in [0.25, 0.3) is 0 Å². The molecule has 17 heavy (non-hydrogen) atoms. The molecule has 0 saturated carbocycles. The molecule has 3 N–H and O–H groups in total. The number of carbonyl (C=O) groups excluding carboxylic acids is 1. The molecule has 0 fully saturated rings. The van der Waals surface area contributed by atoms with E-state index in [4.69, 9.17) is 10.5 Å². The zero-order valence-corrected chi connectivity index (χ0v) is 10.5. The van der Waals surface area contributed by atoms with Crippen LogP contribution in [0.15, 0.2) is 18.2 Å². The second-order valence-electron chi connectivity index (χ2n) is 4.97. The van der Waals surface area contributed by atoms with Gasteiger partial charge in [-0.15, -0.1) is 0 Å². The van der Waals surface area contributed by atoms with Gasteiger partial charge in [0.1, 0.15) is 11.4 Å². The van der Waals surface area contributed by atoms with Crippen LogP contribution in [0.25, 0.3) is 0 Å². The number of nitrogen functional groups attached to an aromatic ring is 1. The Morgan fingerprint density at radius 2 is 2.06 bits per heavy atom. The predicted molar refractivity (Wildman–Crippen MR) is 66.7 cm³/mol. The fourth-order valence-corrected chi connectivity index (χ4v) is 1.44. The maximum Gasteiger partial charge on any atom is 0.306 e. The maximum absolute atomic E-state index is 11.5. The van der Waals surface area contributed by atoms with Gasteiger partial charge >= 0.3 is 5.97 Å². The second kappa shape index (κ2) is 5.08. The quantitative estimate of drug-likeness (QED) is 0.480. The zero-order chi connectivity index (χ0) is 13.1. The predicted octanol–water partition coefficient (Wildman–Crippen LogP) is 2.25. The number of phenols is 1. The molecule has 0 aliphatic carbocycles. The summed E-state index contributed by atoms with van der Waals surface area (Å²) in [5.41, 5.74) is 6.60. The van der Waals surface area contributed by atoms with Crippen LogP contribution >= 0.6 is 0 Å². The number of carbonyl (C=O) groups is 1. The van der Waals surface area contributed by atoms with Gasteiger partial charge in [-0.3, -0.25) is 4.79 Å². The summed E-state index contributed by atoms with van der Waals surface area (Å²) < 4.78 is 5.19. The van der Waals surface area contributed by atoms with Crippen molar-refractivity contribution in [2.24, 2.45) is 0 Å². The minimum Gasteiger partial charge on any atom is -0.508 e. The van der Waals surface area contributed by atoms with Crippen molar-refractivity contribution in [1.82, 2.24) is 0 Å². The second-order valence-corrected chi connectivity index (χ2v) is 4.97. The van der Waals surface area contributed by atoms with Gasteiger partial charge in [-0.2, -0.15) is 0 Å². The lowest BCUT2D eigenvalue weighted by Crippen LogP contribution is -2.24. The van der Waals surface area contributed by atoms with Crippen molar-refractivity contribution >= 4 is 11.7 Å². The Kier molecular flexibility index (Phi) is 3.99. The first-order valence-corrected chi connectivity index (χ1v) is 5.57. The highest BCUT2D eigenvalue weighted by Gasteiger charge is 2.16. The minimum atomic E-state index is -0.471. The van der Waals surface area contributed by atoms with Crippen LogP contribution in [0.1, 0.15) is 32.8 Å². The van der Waals surface area contributed by atoms with Gasteiger partial charge in [-0.05, 0) is 51.0 Å². The van der Waals surface area contributed by atoms with Crippen molar-refractivity contribution in [1.29, 1.82) is 0 Å². The summed E-state index contributed by atoms with van der Waals surface area (Å²) in [5, 5.41) is 9.32. The number of aryl methyl sites for hydroxylation is 1. The average molecular weight is 237 g/mol. The Balaban J connectivity index is 2.56. The molecular weight excluding hydrogens is 218 g/mol. The van der Waals surface area contributed by atoms with Crippen LogP contribution in [-0.2, 0) is 16.0 Å². The number of esters is 1. The van der Waals surface area contributed by atoms with E-state index >= 15 is 0 Å². The van der Waals surface area contributed by atoms with E-state index in [-0.39, 0.29) is 18.1 Å². The molecule has 0 spiro atoms. The van der Waals surface area contributed by atoms with Gasteiger partial charge in [0.05, 0.1) is 0 Å². The molecule has 0 radical (unpaired) electrons. The number of hydrogen-bond acceptors (Lipinski definition) is 4. The van der Waals surface area contributed by atoms with E-state index in [2.05, 4.69) is 0 Å². The standard InChI is InChI=1S/C13H19NO3/c1-13(2,3)17-12(16)7-4-9-8-10(15)5-6-11(9)14/h5-6,8,15H,4,7,14H2,1-3H3. The van der Waals surface area contributed by atoms with Crippen molar-refractivity contribution in [3.63, 3.8) is 0 Å². The topological polar surface area (TPSA) is 72.5 Å². The maximum atomic E-state index is 11.5. The van der Waals surface area contributed by atoms with Crippen LogP contribution in [0.3, 0.4) is 0 Å². The summed E-state index contributed by atoms with van der Waals surface area (Å²) in [6.07, 6.45) is 0.722. The monoisotopic (exact) mass is 237 g/mol. The number of ether oxygens (including phenoxy) is 1. The molecule has 94 valence electrons. The Morgan fingerprint density at radius 1 is 1.41 bits per heavy atom. The van der Waals surface area contributed by atoms with Crippen LogP contribution < -0.4 is 5.73 Å². The van der Waals surface area contributed by atoms with E-state index in [0.29, 0.717) is 12.1 Å². The van der Waals surface area contributed by atoms with Crippen LogP contribution in [-0.4, -0.2) is 16.7 Å². The highest BCUT2D eigenvalue weighted by atomic mass is 16.6. The SMILES string of the molecule is CC(C)(C)OC(=O)CCc1cc(O)ccc1N. The summed E-state index contributed by atoms with van der Waals surface area (Å²) in [7, 11) is 0. The van der Waals surface area contributed by atoms with Gasteiger partial charge < -0.3 is 15.6 Å². The van der Waals surface area contributed by atoms with Crippen LogP contribution in [0.5, 0.6) is 5.75 Å². The molecule has 0 atom stereocenters. The third-order valence-electron chi connectivity index (χ3n) is 2.15. The molecule has 1 rings (SSSR count). The first-order chi connectivity index (χ1) is 7.78. The van der Waals surface area contributed by atoms with Gasteiger partial charge in [0.15, 0.2) is 0 Å². The molecule has 0 unspecified atom stereocenters. The van der Waals surface area contributed by atoms with Crippen molar-refractivity contribution in [3.8, 4) is 5.75 Å². The minimum absolute atomic E-state index is 0.151. The van der Waals surface area contributed by atoms with Gasteiger partial charge in [0.2, 0.25) is 0 Å². The lowest BCUT2D eigenvalue weighted by Gasteiger charge is -2.19. The number of aromatic hydroxyl groups is 1. The molecule has 1 aromatic carbocycles. The summed E-state index contributed by atoms with van der Waals surface area (Å²) in [6.45, 7) is 5.48. The van der Waals surface area contributed by atoms with E-state index < -0.39 is 5.60 Å². The Hall–Kier alpha value is -1.71. The van der Waals surface area contributed by atoms with Crippen molar-refractivity contribution in [2.45, 2.75) is 39.2 Å². The normalized spacial score (nSPS) is 11.2. The summed E-state index contributed by atoms with van der Waals surface area (Å²) in [6, 6.07) is 4.71. The van der Waals surface area contributed by atoms with Crippen molar-refractivity contribution < 1.29 is 14.6 Å². The third kappa shape index (κ3) is 4.76. The fourth-order valence-electron chi connectivity index (χ4n) is 1.44. The molecule has 0 aliphatic heterocycles. The Labute approximate surface area is 101 Å². The Morgan fingerprint density at radius 3 is 2.65 bits per heavy atom. The van der Waals surface area contributed by atoms with Crippen molar-refractivity contribution in [3.05, 3.63) is 23.8 Å². The molecule has 0 bridgehead atoms. The largest absolute Gasteiger partial charge is 0.508 e. The average Bonchev–Trinajstić information content (AvgIpc) is 2.17. The summed E-state index contributed by atoms with van der Waals surface area (Å²) in [4.78, 5) is 11.5. The highest BCUT2D eigenvalue weighted by molar-refractivity contribution is 5.70. The first kappa shape index (κ1) is 13.4. The van der Waals surface area contributed by atoms with Crippen LogP contribution in [0, 0.1) is 0 Å².